The standard InChI is InChI=1S/C31H32N2O5/c1-17(2)12-13-37-23-11-10-21(16-25(23)36-6)28-27-29(34)22-14-18(3)19(4)15-24(22)38-30(27)31(35)33(28)26-9-7-8-20(5)32-26/h7-11,14-17,28H,12-13H2,1-6H3. The van der Waals surface area contributed by atoms with E-state index in [9.17, 15) is 9.59 Å². The van der Waals surface area contributed by atoms with Crippen molar-refractivity contribution in [2.24, 2.45) is 5.92 Å². The number of aromatic nitrogens is 1. The monoisotopic (exact) mass is 512 g/mol. The highest BCUT2D eigenvalue weighted by Crippen LogP contribution is 2.43. The molecule has 1 atom stereocenters. The number of methoxy groups -OCH3 is 1. The molecule has 1 amide bonds. The molecule has 0 radical (unpaired) electrons. The Morgan fingerprint density at radius 3 is 2.47 bits per heavy atom. The molecule has 38 heavy (non-hydrogen) atoms. The van der Waals surface area contributed by atoms with Crippen LogP contribution in [0.2, 0.25) is 0 Å². The fraction of sp³-hybridized carbons (Fsp3) is 0.323. The number of fused-ring (bicyclic) bond motifs is 2. The number of ether oxygens (including phenoxy) is 2. The van der Waals surface area contributed by atoms with Crippen LogP contribution in [0.15, 0.2) is 57.7 Å². The van der Waals surface area contributed by atoms with Gasteiger partial charge in [-0.1, -0.05) is 26.0 Å². The molecule has 2 aromatic carbocycles. The van der Waals surface area contributed by atoms with E-state index in [0.29, 0.717) is 51.9 Å². The van der Waals surface area contributed by atoms with Crippen LogP contribution in [0, 0.1) is 26.7 Å². The average molecular weight is 513 g/mol. The zero-order valence-electron chi connectivity index (χ0n) is 22.6. The molecule has 4 aromatic rings. The summed E-state index contributed by atoms with van der Waals surface area (Å²) in [4.78, 5) is 34.0. The van der Waals surface area contributed by atoms with Gasteiger partial charge in [-0.2, -0.15) is 0 Å². The molecule has 3 heterocycles. The predicted molar refractivity (Wildman–Crippen MR) is 148 cm³/mol. The van der Waals surface area contributed by atoms with Gasteiger partial charge in [0, 0.05) is 5.69 Å². The molecule has 2 aromatic heterocycles. The molecule has 7 nitrogen and oxygen atoms in total. The predicted octanol–water partition coefficient (Wildman–Crippen LogP) is 6.30. The van der Waals surface area contributed by atoms with Crippen molar-refractivity contribution in [1.29, 1.82) is 0 Å². The van der Waals surface area contributed by atoms with Crippen LogP contribution in [0.3, 0.4) is 0 Å². The van der Waals surface area contributed by atoms with Crippen molar-refractivity contribution in [3.63, 3.8) is 0 Å². The normalized spacial score (nSPS) is 14.9. The summed E-state index contributed by atoms with van der Waals surface area (Å²) in [6.07, 6.45) is 0.912. The number of carbonyl (C=O) groups is 1. The summed E-state index contributed by atoms with van der Waals surface area (Å²) in [5.74, 6) is 1.72. The number of pyridine rings is 1. The van der Waals surface area contributed by atoms with Crippen LogP contribution in [-0.2, 0) is 0 Å². The van der Waals surface area contributed by atoms with Gasteiger partial charge in [-0.25, -0.2) is 4.98 Å². The van der Waals surface area contributed by atoms with Crippen LogP contribution in [0.25, 0.3) is 11.0 Å². The SMILES string of the molecule is COc1cc(C2c3c(oc4cc(C)c(C)cc4c3=O)C(=O)N2c2cccc(C)n2)ccc1OCCC(C)C. The number of nitrogens with zero attached hydrogens (tertiary/aromatic N) is 2. The van der Waals surface area contributed by atoms with Gasteiger partial charge >= 0.3 is 0 Å². The fourth-order valence-electron chi connectivity index (χ4n) is 4.82. The second-order valence-electron chi connectivity index (χ2n) is 10.3. The van der Waals surface area contributed by atoms with Gasteiger partial charge in [0.05, 0.1) is 30.7 Å². The quantitative estimate of drug-likeness (QED) is 0.289. The Kier molecular flexibility index (Phi) is 6.69. The zero-order chi connectivity index (χ0) is 27.1. The lowest BCUT2D eigenvalue weighted by atomic mass is 9.97. The van der Waals surface area contributed by atoms with Crippen LogP contribution in [-0.4, -0.2) is 24.6 Å². The van der Waals surface area contributed by atoms with Crippen molar-refractivity contribution in [3.05, 3.63) is 92.5 Å². The highest BCUT2D eigenvalue weighted by atomic mass is 16.5. The van der Waals surface area contributed by atoms with Crippen molar-refractivity contribution in [3.8, 4) is 11.5 Å². The molecular formula is C31H32N2O5. The fourth-order valence-corrected chi connectivity index (χ4v) is 4.82. The molecule has 0 bridgehead atoms. The Morgan fingerprint density at radius 1 is 1.00 bits per heavy atom. The first-order valence-electron chi connectivity index (χ1n) is 12.9. The van der Waals surface area contributed by atoms with Crippen molar-refractivity contribution in [2.45, 2.75) is 47.1 Å². The number of benzene rings is 2. The highest BCUT2D eigenvalue weighted by Gasteiger charge is 2.44. The molecule has 0 aliphatic carbocycles. The lowest BCUT2D eigenvalue weighted by molar-refractivity contribution is 0.0970. The molecule has 5 rings (SSSR count). The van der Waals surface area contributed by atoms with Crippen LogP contribution in [0.1, 0.15) is 64.8 Å². The van der Waals surface area contributed by atoms with Gasteiger partial charge < -0.3 is 13.9 Å². The first-order valence-corrected chi connectivity index (χ1v) is 12.9. The molecule has 196 valence electrons. The summed E-state index contributed by atoms with van der Waals surface area (Å²) in [5, 5.41) is 0.448. The maximum Gasteiger partial charge on any atom is 0.296 e. The maximum absolute atomic E-state index is 14.0. The van der Waals surface area contributed by atoms with Crippen molar-refractivity contribution < 1.29 is 18.7 Å². The van der Waals surface area contributed by atoms with Crippen molar-refractivity contribution in [1.82, 2.24) is 4.98 Å². The molecule has 1 aliphatic heterocycles. The second-order valence-corrected chi connectivity index (χ2v) is 10.3. The molecule has 0 spiro atoms. The lowest BCUT2D eigenvalue weighted by Crippen LogP contribution is -2.30. The van der Waals surface area contributed by atoms with E-state index in [1.807, 2.05) is 63.2 Å². The molecule has 0 saturated carbocycles. The van der Waals surface area contributed by atoms with E-state index in [1.54, 1.807) is 13.2 Å². The van der Waals surface area contributed by atoms with Gasteiger partial charge in [0.1, 0.15) is 11.4 Å². The minimum absolute atomic E-state index is 0.0373. The third-order valence-corrected chi connectivity index (χ3v) is 7.06. The molecule has 0 N–H and O–H groups in total. The third-order valence-electron chi connectivity index (χ3n) is 7.06. The van der Waals surface area contributed by atoms with Crippen LogP contribution < -0.4 is 19.8 Å². The zero-order valence-corrected chi connectivity index (χ0v) is 22.6. The molecular weight excluding hydrogens is 480 g/mol. The molecule has 1 unspecified atom stereocenters. The number of amides is 1. The number of hydrogen-bond acceptors (Lipinski definition) is 6. The largest absolute Gasteiger partial charge is 0.493 e. The van der Waals surface area contributed by atoms with E-state index in [1.165, 1.54) is 4.90 Å². The Balaban J connectivity index is 1.70. The molecule has 0 saturated heterocycles. The minimum atomic E-state index is -0.743. The van der Waals surface area contributed by atoms with E-state index in [4.69, 9.17) is 13.9 Å². The topological polar surface area (TPSA) is 81.9 Å². The van der Waals surface area contributed by atoms with E-state index in [2.05, 4.69) is 18.8 Å². The number of aryl methyl sites for hydroxylation is 3. The lowest BCUT2D eigenvalue weighted by Gasteiger charge is -2.25. The number of carbonyl (C=O) groups excluding carboxylic acids is 1. The highest BCUT2D eigenvalue weighted by molar-refractivity contribution is 6.10. The Bertz CT molecular complexity index is 1600. The summed E-state index contributed by atoms with van der Waals surface area (Å²) in [7, 11) is 1.58. The molecule has 1 aliphatic rings. The number of rotatable bonds is 7. The third kappa shape index (κ3) is 4.42. The summed E-state index contributed by atoms with van der Waals surface area (Å²) >= 11 is 0. The van der Waals surface area contributed by atoms with Gasteiger partial charge in [-0.15, -0.1) is 0 Å². The van der Waals surface area contributed by atoms with E-state index in [0.717, 1.165) is 23.2 Å². The first-order chi connectivity index (χ1) is 18.2. The van der Waals surface area contributed by atoms with E-state index in [-0.39, 0.29) is 11.2 Å². The van der Waals surface area contributed by atoms with Crippen LogP contribution in [0.5, 0.6) is 11.5 Å². The Hall–Kier alpha value is -4.13. The van der Waals surface area contributed by atoms with Crippen LogP contribution >= 0.6 is 0 Å². The smallest absolute Gasteiger partial charge is 0.296 e. The van der Waals surface area contributed by atoms with Crippen molar-refractivity contribution in [2.75, 3.05) is 18.6 Å². The minimum Gasteiger partial charge on any atom is -0.493 e. The number of anilines is 1. The van der Waals surface area contributed by atoms with E-state index < -0.39 is 11.9 Å². The Morgan fingerprint density at radius 2 is 1.76 bits per heavy atom. The summed E-state index contributed by atoms with van der Waals surface area (Å²) in [6.45, 7) is 10.6. The van der Waals surface area contributed by atoms with Gasteiger partial charge in [-0.3, -0.25) is 14.5 Å². The van der Waals surface area contributed by atoms with Gasteiger partial charge in [0.25, 0.3) is 5.91 Å². The molecule has 0 fully saturated rings. The molecule has 7 heteroatoms. The summed E-state index contributed by atoms with van der Waals surface area (Å²) in [6, 6.07) is 13.9. The Labute approximate surface area is 222 Å². The average Bonchev–Trinajstić information content (AvgIpc) is 3.17. The van der Waals surface area contributed by atoms with E-state index >= 15 is 0 Å². The van der Waals surface area contributed by atoms with Gasteiger partial charge in [0.15, 0.2) is 16.9 Å². The maximum atomic E-state index is 14.0. The second kappa shape index (κ2) is 9.97. The number of hydrogen-bond donors (Lipinski definition) is 0. The van der Waals surface area contributed by atoms with Gasteiger partial charge in [0.2, 0.25) is 5.76 Å². The van der Waals surface area contributed by atoms with Crippen LogP contribution in [0.4, 0.5) is 5.82 Å². The van der Waals surface area contributed by atoms with Crippen molar-refractivity contribution >= 4 is 22.7 Å². The summed E-state index contributed by atoms with van der Waals surface area (Å²) in [5.41, 5.74) is 3.88. The summed E-state index contributed by atoms with van der Waals surface area (Å²) < 4.78 is 17.8. The first kappa shape index (κ1) is 25.5. The van der Waals surface area contributed by atoms with Gasteiger partial charge in [-0.05, 0) is 86.2 Å².